The molecule has 0 atom stereocenters. The van der Waals surface area contributed by atoms with E-state index in [9.17, 15) is 15.4 Å². The van der Waals surface area contributed by atoms with E-state index in [0.29, 0.717) is 22.6 Å². The number of anilines is 1. The van der Waals surface area contributed by atoms with Gasteiger partial charge in [0.2, 0.25) is 0 Å². The molecule has 0 amide bonds. The van der Waals surface area contributed by atoms with Crippen molar-refractivity contribution in [3.05, 3.63) is 64.0 Å². The van der Waals surface area contributed by atoms with Gasteiger partial charge in [-0.2, -0.15) is 5.26 Å². The molecule has 0 saturated heterocycles. The molecular weight excluding hydrogens is 318 g/mol. The highest BCUT2D eigenvalue weighted by Crippen LogP contribution is 2.28. The third-order valence-electron chi connectivity index (χ3n) is 3.95. The molecule has 0 aliphatic heterocycles. The molecule has 124 valence electrons. The SMILES string of the molecule is CNc1ccc(/C=C(\C#N)c2nc3ccccc3n2C)cc1[N+](=O)[O-]. The van der Waals surface area contributed by atoms with Gasteiger partial charge in [-0.25, -0.2) is 4.98 Å². The van der Waals surface area contributed by atoms with Gasteiger partial charge < -0.3 is 9.88 Å². The second-order valence-electron chi connectivity index (χ2n) is 5.44. The average molecular weight is 333 g/mol. The lowest BCUT2D eigenvalue weighted by molar-refractivity contribution is -0.383. The van der Waals surface area contributed by atoms with Crippen molar-refractivity contribution in [2.24, 2.45) is 7.05 Å². The number of nitrogens with zero attached hydrogens (tertiary/aromatic N) is 4. The molecule has 25 heavy (non-hydrogen) atoms. The number of allylic oxidation sites excluding steroid dienone is 1. The van der Waals surface area contributed by atoms with Gasteiger partial charge in [0.05, 0.1) is 21.5 Å². The molecule has 0 radical (unpaired) electrons. The van der Waals surface area contributed by atoms with E-state index >= 15 is 0 Å². The number of benzene rings is 2. The van der Waals surface area contributed by atoms with Gasteiger partial charge in [0, 0.05) is 20.2 Å². The van der Waals surface area contributed by atoms with Crippen LogP contribution >= 0.6 is 0 Å². The predicted molar refractivity (Wildman–Crippen MR) is 96.8 cm³/mol. The number of hydrogen-bond acceptors (Lipinski definition) is 5. The van der Waals surface area contributed by atoms with Crippen LogP contribution in [0.4, 0.5) is 11.4 Å². The minimum Gasteiger partial charge on any atom is -0.383 e. The Balaban J connectivity index is 2.12. The summed E-state index contributed by atoms with van der Waals surface area (Å²) in [5.41, 5.74) is 2.98. The number of nitriles is 1. The maximum Gasteiger partial charge on any atom is 0.292 e. The van der Waals surface area contributed by atoms with E-state index in [1.807, 2.05) is 35.9 Å². The molecule has 3 rings (SSSR count). The van der Waals surface area contributed by atoms with Crippen molar-refractivity contribution in [1.29, 1.82) is 5.26 Å². The Morgan fingerprint density at radius 2 is 2.12 bits per heavy atom. The van der Waals surface area contributed by atoms with Crippen LogP contribution in [0.1, 0.15) is 11.4 Å². The van der Waals surface area contributed by atoms with Crippen LogP contribution in [0.3, 0.4) is 0 Å². The molecule has 0 aliphatic rings. The summed E-state index contributed by atoms with van der Waals surface area (Å²) in [7, 11) is 3.46. The molecule has 0 spiro atoms. The Hall–Kier alpha value is -3.66. The molecule has 1 N–H and O–H groups in total. The van der Waals surface area contributed by atoms with Gasteiger partial charge in [-0.3, -0.25) is 10.1 Å². The van der Waals surface area contributed by atoms with E-state index in [1.54, 1.807) is 25.3 Å². The zero-order valence-corrected chi connectivity index (χ0v) is 13.7. The smallest absolute Gasteiger partial charge is 0.292 e. The van der Waals surface area contributed by atoms with Gasteiger partial charge in [-0.1, -0.05) is 18.2 Å². The van der Waals surface area contributed by atoms with Gasteiger partial charge in [0.25, 0.3) is 5.69 Å². The van der Waals surface area contributed by atoms with Crippen LogP contribution in [0.2, 0.25) is 0 Å². The lowest BCUT2D eigenvalue weighted by Crippen LogP contribution is -1.98. The summed E-state index contributed by atoms with van der Waals surface area (Å²) >= 11 is 0. The van der Waals surface area contributed by atoms with Crippen molar-refractivity contribution in [2.75, 3.05) is 12.4 Å². The topological polar surface area (TPSA) is 96.8 Å². The Morgan fingerprint density at radius 1 is 1.36 bits per heavy atom. The van der Waals surface area contributed by atoms with Gasteiger partial charge in [0.1, 0.15) is 11.8 Å². The summed E-state index contributed by atoms with van der Waals surface area (Å²) in [4.78, 5) is 15.2. The third kappa shape index (κ3) is 2.93. The number of nitro benzene ring substituents is 1. The fourth-order valence-electron chi connectivity index (χ4n) is 2.70. The summed E-state index contributed by atoms with van der Waals surface area (Å²) in [6.45, 7) is 0. The normalized spacial score (nSPS) is 11.3. The maximum absolute atomic E-state index is 11.2. The Kier molecular flexibility index (Phi) is 4.18. The lowest BCUT2D eigenvalue weighted by Gasteiger charge is -2.04. The monoisotopic (exact) mass is 333 g/mol. The first-order valence-corrected chi connectivity index (χ1v) is 7.55. The number of nitrogens with one attached hydrogen (secondary N) is 1. The molecule has 3 aromatic rings. The van der Waals surface area contributed by atoms with Gasteiger partial charge in [-0.05, 0) is 29.8 Å². The summed E-state index contributed by atoms with van der Waals surface area (Å²) in [6.07, 6.45) is 1.60. The number of fused-ring (bicyclic) bond motifs is 1. The van der Waals surface area contributed by atoms with E-state index in [0.717, 1.165) is 11.0 Å². The summed E-state index contributed by atoms with van der Waals surface area (Å²) in [5.74, 6) is 0.518. The zero-order valence-electron chi connectivity index (χ0n) is 13.7. The van der Waals surface area contributed by atoms with Crippen LogP contribution in [0.15, 0.2) is 42.5 Å². The van der Waals surface area contributed by atoms with E-state index in [2.05, 4.69) is 16.4 Å². The number of nitro groups is 1. The molecule has 7 nitrogen and oxygen atoms in total. The van der Waals surface area contributed by atoms with Crippen molar-refractivity contribution < 1.29 is 4.92 Å². The molecule has 0 aliphatic carbocycles. The molecule has 2 aromatic carbocycles. The number of para-hydroxylation sites is 2. The van der Waals surface area contributed by atoms with Crippen LogP contribution in [0.5, 0.6) is 0 Å². The van der Waals surface area contributed by atoms with Crippen molar-refractivity contribution in [2.45, 2.75) is 0 Å². The molecule has 7 heteroatoms. The quantitative estimate of drug-likeness (QED) is 0.447. The van der Waals surface area contributed by atoms with Crippen LogP contribution in [-0.2, 0) is 7.05 Å². The van der Waals surface area contributed by atoms with Crippen LogP contribution in [0, 0.1) is 21.4 Å². The minimum absolute atomic E-state index is 0.0430. The maximum atomic E-state index is 11.2. The standard InChI is InChI=1S/C18H15N5O2/c1-20-14-8-7-12(10-17(14)23(24)25)9-13(11-19)18-21-15-5-3-4-6-16(15)22(18)2/h3-10,20H,1-2H3/b13-9+. The van der Waals surface area contributed by atoms with Crippen molar-refractivity contribution in [3.8, 4) is 6.07 Å². The highest BCUT2D eigenvalue weighted by Gasteiger charge is 2.15. The molecule has 0 fully saturated rings. The van der Waals surface area contributed by atoms with Crippen LogP contribution < -0.4 is 5.32 Å². The van der Waals surface area contributed by atoms with E-state index < -0.39 is 4.92 Å². The second kappa shape index (κ2) is 6.45. The number of imidazole rings is 1. The first-order chi connectivity index (χ1) is 12.0. The highest BCUT2D eigenvalue weighted by molar-refractivity contribution is 5.91. The van der Waals surface area contributed by atoms with E-state index in [4.69, 9.17) is 0 Å². The molecule has 1 aromatic heterocycles. The number of aromatic nitrogens is 2. The predicted octanol–water partition coefficient (Wildman–Crippen LogP) is 3.59. The Bertz CT molecular complexity index is 1040. The van der Waals surface area contributed by atoms with Crippen LogP contribution in [-0.4, -0.2) is 21.5 Å². The Morgan fingerprint density at radius 3 is 2.76 bits per heavy atom. The fourth-order valence-corrected chi connectivity index (χ4v) is 2.70. The first kappa shape index (κ1) is 16.2. The van der Waals surface area contributed by atoms with Crippen molar-refractivity contribution in [1.82, 2.24) is 9.55 Å². The second-order valence-corrected chi connectivity index (χ2v) is 5.44. The molecule has 0 saturated carbocycles. The van der Waals surface area contributed by atoms with Crippen LogP contribution in [0.25, 0.3) is 22.7 Å². The zero-order chi connectivity index (χ0) is 18.0. The highest BCUT2D eigenvalue weighted by atomic mass is 16.6. The number of hydrogen-bond donors (Lipinski definition) is 1. The molecule has 1 heterocycles. The summed E-state index contributed by atoms with van der Waals surface area (Å²) in [6, 6.07) is 14.5. The summed E-state index contributed by atoms with van der Waals surface area (Å²) in [5, 5.41) is 23.5. The van der Waals surface area contributed by atoms with E-state index in [-0.39, 0.29) is 5.69 Å². The lowest BCUT2D eigenvalue weighted by atomic mass is 10.1. The molecule has 0 unspecified atom stereocenters. The molecule has 0 bridgehead atoms. The number of aryl methyl sites for hydroxylation is 1. The summed E-state index contributed by atoms with van der Waals surface area (Å²) < 4.78 is 1.83. The van der Waals surface area contributed by atoms with Gasteiger partial charge in [0.15, 0.2) is 5.82 Å². The fraction of sp³-hybridized carbons (Fsp3) is 0.111. The average Bonchev–Trinajstić information content (AvgIpc) is 2.96. The van der Waals surface area contributed by atoms with Gasteiger partial charge >= 0.3 is 0 Å². The Labute approximate surface area is 144 Å². The van der Waals surface area contributed by atoms with Gasteiger partial charge in [-0.15, -0.1) is 0 Å². The minimum atomic E-state index is -0.454. The molecular formula is C18H15N5O2. The largest absolute Gasteiger partial charge is 0.383 e. The number of rotatable bonds is 4. The van der Waals surface area contributed by atoms with E-state index in [1.165, 1.54) is 6.07 Å². The third-order valence-corrected chi connectivity index (χ3v) is 3.95. The van der Waals surface area contributed by atoms with Crippen molar-refractivity contribution >= 4 is 34.1 Å². The first-order valence-electron chi connectivity index (χ1n) is 7.55. The van der Waals surface area contributed by atoms with Crippen molar-refractivity contribution in [3.63, 3.8) is 0 Å².